The van der Waals surface area contributed by atoms with E-state index in [1.54, 1.807) is 37.6 Å². The molecule has 0 aliphatic heterocycles. The van der Waals surface area contributed by atoms with Crippen molar-refractivity contribution in [1.82, 2.24) is 10.7 Å². The lowest BCUT2D eigenvalue weighted by Gasteiger charge is -2.05. The lowest BCUT2D eigenvalue weighted by Crippen LogP contribution is -2.34. The number of phenols is 1. The van der Waals surface area contributed by atoms with Gasteiger partial charge in [0.15, 0.2) is 5.11 Å². The van der Waals surface area contributed by atoms with Crippen molar-refractivity contribution < 1.29 is 9.84 Å². The standard InChI is InChI=1S/C11H15N3O2S/c1-16-7-6-12-11(17)14-13-8-9-2-4-10(15)5-3-9/h2-5,8,15H,6-7H2,1H3,(H2,12,14,17)/b13-8+. The van der Waals surface area contributed by atoms with Crippen molar-refractivity contribution in [2.45, 2.75) is 0 Å². The van der Waals surface area contributed by atoms with Crippen LogP contribution in [-0.4, -0.2) is 36.7 Å². The van der Waals surface area contributed by atoms with Gasteiger partial charge in [-0.05, 0) is 42.0 Å². The summed E-state index contributed by atoms with van der Waals surface area (Å²) in [4.78, 5) is 0. The molecule has 1 rings (SSSR count). The van der Waals surface area contributed by atoms with Crippen LogP contribution in [0.4, 0.5) is 0 Å². The molecule has 0 aromatic heterocycles. The smallest absolute Gasteiger partial charge is 0.187 e. The molecule has 0 fully saturated rings. The highest BCUT2D eigenvalue weighted by Crippen LogP contribution is 2.07. The summed E-state index contributed by atoms with van der Waals surface area (Å²) < 4.78 is 4.87. The summed E-state index contributed by atoms with van der Waals surface area (Å²) in [6.45, 7) is 1.22. The van der Waals surface area contributed by atoms with Gasteiger partial charge < -0.3 is 15.2 Å². The fourth-order valence-corrected chi connectivity index (χ4v) is 1.19. The van der Waals surface area contributed by atoms with Crippen LogP contribution in [0.2, 0.25) is 0 Å². The third-order valence-electron chi connectivity index (χ3n) is 1.86. The molecule has 0 spiro atoms. The Morgan fingerprint density at radius 3 is 2.82 bits per heavy atom. The summed E-state index contributed by atoms with van der Waals surface area (Å²) in [7, 11) is 1.63. The first kappa shape index (κ1) is 13.4. The normalized spacial score (nSPS) is 10.4. The van der Waals surface area contributed by atoms with E-state index in [0.717, 1.165) is 5.56 Å². The zero-order chi connectivity index (χ0) is 12.5. The van der Waals surface area contributed by atoms with Crippen molar-refractivity contribution in [3.8, 4) is 5.75 Å². The highest BCUT2D eigenvalue weighted by atomic mass is 32.1. The van der Waals surface area contributed by atoms with Gasteiger partial charge in [0.2, 0.25) is 0 Å². The molecule has 1 aromatic carbocycles. The minimum atomic E-state index is 0.229. The molecule has 0 saturated heterocycles. The first-order valence-corrected chi connectivity index (χ1v) is 5.48. The molecule has 0 unspecified atom stereocenters. The number of aromatic hydroxyl groups is 1. The number of nitrogens with zero attached hydrogens (tertiary/aromatic N) is 1. The van der Waals surface area contributed by atoms with Gasteiger partial charge >= 0.3 is 0 Å². The zero-order valence-corrected chi connectivity index (χ0v) is 10.3. The Kier molecular flexibility index (Phi) is 5.98. The Morgan fingerprint density at radius 2 is 2.18 bits per heavy atom. The van der Waals surface area contributed by atoms with E-state index in [0.29, 0.717) is 18.3 Å². The molecule has 5 nitrogen and oxygen atoms in total. The monoisotopic (exact) mass is 253 g/mol. The van der Waals surface area contributed by atoms with E-state index in [-0.39, 0.29) is 5.75 Å². The Balaban J connectivity index is 2.29. The fourth-order valence-electron chi connectivity index (χ4n) is 1.03. The Labute approximate surface area is 105 Å². The third-order valence-corrected chi connectivity index (χ3v) is 2.10. The van der Waals surface area contributed by atoms with Crippen LogP contribution < -0.4 is 10.7 Å². The third kappa shape index (κ3) is 5.84. The highest BCUT2D eigenvalue weighted by Gasteiger charge is 1.92. The van der Waals surface area contributed by atoms with Gasteiger partial charge in [-0.2, -0.15) is 5.10 Å². The number of hydrogen-bond acceptors (Lipinski definition) is 4. The van der Waals surface area contributed by atoms with E-state index < -0.39 is 0 Å². The minimum absolute atomic E-state index is 0.229. The number of hydrogen-bond donors (Lipinski definition) is 3. The van der Waals surface area contributed by atoms with Gasteiger partial charge in [0.05, 0.1) is 12.8 Å². The van der Waals surface area contributed by atoms with Gasteiger partial charge in [-0.3, -0.25) is 5.43 Å². The molecule has 0 atom stereocenters. The van der Waals surface area contributed by atoms with E-state index >= 15 is 0 Å². The molecular formula is C11H15N3O2S. The maximum atomic E-state index is 9.09. The first-order valence-electron chi connectivity index (χ1n) is 5.07. The minimum Gasteiger partial charge on any atom is -0.508 e. The van der Waals surface area contributed by atoms with Gasteiger partial charge in [0.25, 0.3) is 0 Å². The molecule has 0 radical (unpaired) electrons. The van der Waals surface area contributed by atoms with Crippen LogP contribution in [0.5, 0.6) is 5.75 Å². The van der Waals surface area contributed by atoms with Gasteiger partial charge in [0, 0.05) is 13.7 Å². The Morgan fingerprint density at radius 1 is 1.47 bits per heavy atom. The lowest BCUT2D eigenvalue weighted by molar-refractivity contribution is 0.204. The number of methoxy groups -OCH3 is 1. The van der Waals surface area contributed by atoms with Gasteiger partial charge in [0.1, 0.15) is 5.75 Å². The maximum Gasteiger partial charge on any atom is 0.187 e. The molecule has 0 aliphatic rings. The lowest BCUT2D eigenvalue weighted by atomic mass is 10.2. The number of hydrazone groups is 1. The molecule has 0 heterocycles. The Bertz CT molecular complexity index is 379. The summed E-state index contributed by atoms with van der Waals surface area (Å²) in [6.07, 6.45) is 1.61. The van der Waals surface area contributed by atoms with E-state index in [1.807, 2.05) is 0 Å². The molecule has 17 heavy (non-hydrogen) atoms. The van der Waals surface area contributed by atoms with Gasteiger partial charge in [-0.1, -0.05) is 0 Å². The molecule has 3 N–H and O–H groups in total. The predicted octanol–water partition coefficient (Wildman–Crippen LogP) is 0.837. The zero-order valence-electron chi connectivity index (χ0n) is 9.51. The van der Waals surface area contributed by atoms with Crippen LogP contribution in [0.15, 0.2) is 29.4 Å². The van der Waals surface area contributed by atoms with Crippen LogP contribution in [0.1, 0.15) is 5.56 Å². The molecule has 1 aromatic rings. The molecule has 6 heteroatoms. The van der Waals surface area contributed by atoms with Crippen molar-refractivity contribution in [3.05, 3.63) is 29.8 Å². The quantitative estimate of drug-likeness (QED) is 0.314. The summed E-state index contributed by atoms with van der Waals surface area (Å²) >= 11 is 4.97. The summed E-state index contributed by atoms with van der Waals surface area (Å²) in [5, 5.41) is 16.4. The van der Waals surface area contributed by atoms with Crippen LogP contribution in [-0.2, 0) is 4.74 Å². The van der Waals surface area contributed by atoms with Crippen LogP contribution in [0.3, 0.4) is 0 Å². The average Bonchev–Trinajstić information content (AvgIpc) is 2.32. The fraction of sp³-hybridized carbons (Fsp3) is 0.273. The number of ether oxygens (including phenoxy) is 1. The van der Waals surface area contributed by atoms with Crippen molar-refractivity contribution in [2.24, 2.45) is 5.10 Å². The summed E-state index contributed by atoms with van der Waals surface area (Å²) in [5.41, 5.74) is 3.55. The molecule has 0 bridgehead atoms. The second kappa shape index (κ2) is 7.59. The predicted molar refractivity (Wildman–Crippen MR) is 71.3 cm³/mol. The van der Waals surface area contributed by atoms with Gasteiger partial charge in [-0.25, -0.2) is 0 Å². The number of thiocarbonyl (C=S) groups is 1. The number of nitrogens with one attached hydrogen (secondary N) is 2. The van der Waals surface area contributed by atoms with Crippen molar-refractivity contribution in [2.75, 3.05) is 20.3 Å². The number of benzene rings is 1. The largest absolute Gasteiger partial charge is 0.508 e. The Hall–Kier alpha value is -1.66. The van der Waals surface area contributed by atoms with Crippen LogP contribution in [0.25, 0.3) is 0 Å². The second-order valence-electron chi connectivity index (χ2n) is 3.21. The second-order valence-corrected chi connectivity index (χ2v) is 3.62. The van der Waals surface area contributed by atoms with E-state index in [9.17, 15) is 0 Å². The molecule has 0 amide bonds. The van der Waals surface area contributed by atoms with Gasteiger partial charge in [-0.15, -0.1) is 0 Å². The maximum absolute atomic E-state index is 9.09. The van der Waals surface area contributed by atoms with Crippen molar-refractivity contribution in [3.63, 3.8) is 0 Å². The van der Waals surface area contributed by atoms with Crippen molar-refractivity contribution in [1.29, 1.82) is 0 Å². The van der Waals surface area contributed by atoms with E-state index in [4.69, 9.17) is 22.1 Å². The van der Waals surface area contributed by atoms with Crippen LogP contribution in [0, 0.1) is 0 Å². The number of phenolic OH excluding ortho intramolecular Hbond substituents is 1. The summed E-state index contributed by atoms with van der Waals surface area (Å²) in [6, 6.07) is 6.69. The topological polar surface area (TPSA) is 65.9 Å². The SMILES string of the molecule is COCCNC(=S)N/N=C/c1ccc(O)cc1. The van der Waals surface area contributed by atoms with E-state index in [2.05, 4.69) is 15.8 Å². The first-order chi connectivity index (χ1) is 8.22. The van der Waals surface area contributed by atoms with Crippen molar-refractivity contribution >= 4 is 23.5 Å². The number of rotatable bonds is 5. The van der Waals surface area contributed by atoms with Crippen LogP contribution >= 0.6 is 12.2 Å². The molecule has 0 saturated carbocycles. The van der Waals surface area contributed by atoms with E-state index in [1.165, 1.54) is 0 Å². The highest BCUT2D eigenvalue weighted by molar-refractivity contribution is 7.80. The molecule has 0 aliphatic carbocycles. The molecule has 92 valence electrons. The molecular weight excluding hydrogens is 238 g/mol. The summed E-state index contributed by atoms with van der Waals surface area (Å²) in [5.74, 6) is 0.229. The average molecular weight is 253 g/mol.